The molecule has 0 amide bonds. The van der Waals surface area contributed by atoms with E-state index >= 15 is 0 Å². The second-order valence-corrected chi connectivity index (χ2v) is 7.89. The van der Waals surface area contributed by atoms with Crippen LogP contribution >= 0.6 is 11.6 Å². The number of hydrogen-bond donors (Lipinski definition) is 1. The van der Waals surface area contributed by atoms with Gasteiger partial charge in [0.2, 0.25) is 0 Å². The molecule has 1 N–H and O–H groups in total. The molecule has 1 saturated carbocycles. The molecule has 138 valence electrons. The van der Waals surface area contributed by atoms with Crippen molar-refractivity contribution in [3.05, 3.63) is 29.3 Å². The highest BCUT2D eigenvalue weighted by Crippen LogP contribution is 2.52. The first kappa shape index (κ1) is 18.3. The molecule has 2 aliphatic rings. The summed E-state index contributed by atoms with van der Waals surface area (Å²) in [7, 11) is 3.86. The van der Waals surface area contributed by atoms with E-state index in [9.17, 15) is 0 Å². The summed E-state index contributed by atoms with van der Waals surface area (Å²) < 4.78 is 11.7. The zero-order valence-corrected chi connectivity index (χ0v) is 16.2. The third kappa shape index (κ3) is 3.72. The summed E-state index contributed by atoms with van der Waals surface area (Å²) in [4.78, 5) is 6.55. The summed E-state index contributed by atoms with van der Waals surface area (Å²) >= 11 is 5.89. The van der Waals surface area contributed by atoms with Crippen LogP contribution in [0.15, 0.2) is 29.3 Å². The number of halogens is 1. The molecule has 3 rings (SSSR count). The Bertz CT molecular complexity index is 618. The minimum atomic E-state index is 0.137. The lowest BCUT2D eigenvalue weighted by molar-refractivity contribution is -0.107. The fourth-order valence-corrected chi connectivity index (χ4v) is 4.16. The molecule has 1 heterocycles. The summed E-state index contributed by atoms with van der Waals surface area (Å²) in [5.41, 5.74) is 0.137. The van der Waals surface area contributed by atoms with Crippen LogP contribution in [0.3, 0.4) is 0 Å². The molecule has 0 spiro atoms. The van der Waals surface area contributed by atoms with Crippen molar-refractivity contribution in [1.82, 2.24) is 10.2 Å². The first-order chi connectivity index (χ1) is 11.9. The Morgan fingerprint density at radius 2 is 2.12 bits per heavy atom. The SMILES string of the molecule is CN=C(NC1C2CCOC2C1(C)C)N(C)CCOc1ccc(Cl)cc1. The Balaban J connectivity index is 1.50. The zero-order chi connectivity index (χ0) is 18.0. The van der Waals surface area contributed by atoms with E-state index in [1.807, 2.05) is 38.4 Å². The quantitative estimate of drug-likeness (QED) is 0.643. The van der Waals surface area contributed by atoms with Crippen molar-refractivity contribution < 1.29 is 9.47 Å². The Kier molecular flexibility index (Phi) is 5.44. The van der Waals surface area contributed by atoms with Gasteiger partial charge in [-0.15, -0.1) is 0 Å². The maximum absolute atomic E-state index is 5.89. The summed E-state index contributed by atoms with van der Waals surface area (Å²) in [5, 5.41) is 4.36. The van der Waals surface area contributed by atoms with Crippen LogP contribution in [0.5, 0.6) is 5.75 Å². The summed E-state index contributed by atoms with van der Waals surface area (Å²) in [5.74, 6) is 2.32. The maximum Gasteiger partial charge on any atom is 0.193 e. The molecular formula is C19H28ClN3O2. The number of guanidine groups is 1. The fourth-order valence-electron chi connectivity index (χ4n) is 4.04. The third-order valence-corrected chi connectivity index (χ3v) is 5.72. The predicted octanol–water partition coefficient (Wildman–Crippen LogP) is 3.04. The summed E-state index contributed by atoms with van der Waals surface area (Å²) in [6.07, 6.45) is 1.51. The second kappa shape index (κ2) is 7.42. The molecule has 0 aromatic heterocycles. The van der Waals surface area contributed by atoms with Gasteiger partial charge in [0.15, 0.2) is 5.96 Å². The molecule has 5 nitrogen and oxygen atoms in total. The van der Waals surface area contributed by atoms with Crippen molar-refractivity contribution in [3.63, 3.8) is 0 Å². The smallest absolute Gasteiger partial charge is 0.193 e. The van der Waals surface area contributed by atoms with Crippen LogP contribution in [0, 0.1) is 11.3 Å². The zero-order valence-electron chi connectivity index (χ0n) is 15.5. The number of nitrogens with one attached hydrogen (secondary N) is 1. The number of benzene rings is 1. The highest BCUT2D eigenvalue weighted by Gasteiger charge is 2.59. The molecule has 1 aliphatic heterocycles. The van der Waals surface area contributed by atoms with E-state index < -0.39 is 0 Å². The Morgan fingerprint density at radius 1 is 1.40 bits per heavy atom. The molecule has 1 aromatic rings. The van der Waals surface area contributed by atoms with Gasteiger partial charge in [-0.25, -0.2) is 0 Å². The van der Waals surface area contributed by atoms with E-state index in [2.05, 4.69) is 29.1 Å². The van der Waals surface area contributed by atoms with Gasteiger partial charge in [0, 0.05) is 43.1 Å². The molecule has 0 bridgehead atoms. The van der Waals surface area contributed by atoms with Gasteiger partial charge in [0.25, 0.3) is 0 Å². The van der Waals surface area contributed by atoms with Crippen LogP contribution in [-0.2, 0) is 4.74 Å². The summed E-state index contributed by atoms with van der Waals surface area (Å²) in [6, 6.07) is 7.83. The van der Waals surface area contributed by atoms with Gasteiger partial charge in [0.05, 0.1) is 12.6 Å². The van der Waals surface area contributed by atoms with Gasteiger partial charge < -0.3 is 19.7 Å². The van der Waals surface area contributed by atoms with E-state index in [0.29, 0.717) is 29.7 Å². The standard InChI is InChI=1S/C19H28ClN3O2/c1-19(2)16(15-9-11-25-17(15)19)22-18(21-3)23(4)10-12-24-14-7-5-13(20)6-8-14/h5-8,15-17H,9-12H2,1-4H3,(H,21,22). The molecule has 1 aromatic carbocycles. The van der Waals surface area contributed by atoms with Crippen molar-refractivity contribution in [2.75, 3.05) is 33.9 Å². The fraction of sp³-hybridized carbons (Fsp3) is 0.632. The Morgan fingerprint density at radius 3 is 2.80 bits per heavy atom. The number of ether oxygens (including phenoxy) is 2. The van der Waals surface area contributed by atoms with Gasteiger partial charge in [-0.05, 0) is 30.7 Å². The van der Waals surface area contributed by atoms with Crippen LogP contribution in [0.2, 0.25) is 5.02 Å². The van der Waals surface area contributed by atoms with Gasteiger partial charge in [-0.1, -0.05) is 25.4 Å². The van der Waals surface area contributed by atoms with Crippen LogP contribution in [0.1, 0.15) is 20.3 Å². The lowest BCUT2D eigenvalue weighted by atomic mass is 9.57. The lowest BCUT2D eigenvalue weighted by Crippen LogP contribution is -2.68. The average molecular weight is 366 g/mol. The largest absolute Gasteiger partial charge is 0.492 e. The van der Waals surface area contributed by atoms with E-state index in [-0.39, 0.29) is 5.41 Å². The van der Waals surface area contributed by atoms with Crippen molar-refractivity contribution in [2.24, 2.45) is 16.3 Å². The highest BCUT2D eigenvalue weighted by molar-refractivity contribution is 6.30. The van der Waals surface area contributed by atoms with E-state index in [1.165, 1.54) is 0 Å². The normalized spacial score (nSPS) is 27.4. The molecule has 3 atom stereocenters. The van der Waals surface area contributed by atoms with Crippen LogP contribution in [0.4, 0.5) is 0 Å². The van der Waals surface area contributed by atoms with Gasteiger partial charge >= 0.3 is 0 Å². The molecule has 3 unspecified atom stereocenters. The molecular weight excluding hydrogens is 338 g/mol. The van der Waals surface area contributed by atoms with Crippen molar-refractivity contribution in [1.29, 1.82) is 0 Å². The lowest BCUT2D eigenvalue weighted by Gasteiger charge is -2.55. The van der Waals surface area contributed by atoms with Crippen molar-refractivity contribution in [2.45, 2.75) is 32.4 Å². The number of nitrogens with zero attached hydrogens (tertiary/aromatic N) is 2. The third-order valence-electron chi connectivity index (χ3n) is 5.47. The topological polar surface area (TPSA) is 46.1 Å². The monoisotopic (exact) mass is 365 g/mol. The number of aliphatic imine (C=N–C) groups is 1. The van der Waals surface area contributed by atoms with E-state index in [4.69, 9.17) is 21.1 Å². The van der Waals surface area contributed by atoms with Gasteiger partial charge in [0.1, 0.15) is 12.4 Å². The first-order valence-corrected chi connectivity index (χ1v) is 9.25. The Hall–Kier alpha value is -1.46. The van der Waals surface area contributed by atoms with Crippen LogP contribution in [0.25, 0.3) is 0 Å². The summed E-state index contributed by atoms with van der Waals surface area (Å²) in [6.45, 7) is 6.75. The average Bonchev–Trinajstić information content (AvgIpc) is 3.04. The molecule has 6 heteroatoms. The molecule has 1 saturated heterocycles. The Labute approximate surface area is 155 Å². The second-order valence-electron chi connectivity index (χ2n) is 7.46. The number of rotatable bonds is 5. The number of hydrogen-bond acceptors (Lipinski definition) is 3. The minimum Gasteiger partial charge on any atom is -0.492 e. The first-order valence-electron chi connectivity index (χ1n) is 8.88. The van der Waals surface area contributed by atoms with Gasteiger partial charge in [-0.3, -0.25) is 4.99 Å². The molecule has 2 fully saturated rings. The molecule has 25 heavy (non-hydrogen) atoms. The molecule has 1 aliphatic carbocycles. The highest BCUT2D eigenvalue weighted by atomic mass is 35.5. The number of fused-ring (bicyclic) bond motifs is 1. The van der Waals surface area contributed by atoms with E-state index in [0.717, 1.165) is 31.3 Å². The molecule has 0 radical (unpaired) electrons. The van der Waals surface area contributed by atoms with Gasteiger partial charge in [-0.2, -0.15) is 0 Å². The van der Waals surface area contributed by atoms with Crippen molar-refractivity contribution in [3.8, 4) is 5.75 Å². The van der Waals surface area contributed by atoms with Crippen LogP contribution in [-0.4, -0.2) is 56.9 Å². The van der Waals surface area contributed by atoms with E-state index in [1.54, 1.807) is 0 Å². The van der Waals surface area contributed by atoms with Crippen LogP contribution < -0.4 is 10.1 Å². The predicted molar refractivity (Wildman–Crippen MR) is 101 cm³/mol. The van der Waals surface area contributed by atoms with Crippen molar-refractivity contribution >= 4 is 17.6 Å². The maximum atomic E-state index is 5.89. The minimum absolute atomic E-state index is 0.137. The number of likely N-dealkylation sites (N-methyl/N-ethyl adjacent to an activating group) is 1.